The van der Waals surface area contributed by atoms with E-state index in [-0.39, 0.29) is 126 Å². The van der Waals surface area contributed by atoms with Gasteiger partial charge in [0.15, 0.2) is 81.0 Å². The Labute approximate surface area is 869 Å². The van der Waals surface area contributed by atoms with E-state index in [9.17, 15) is 138 Å². The van der Waals surface area contributed by atoms with Crippen molar-refractivity contribution in [2.45, 2.75) is 337 Å². The highest BCUT2D eigenvalue weighted by atomic mass is 17.0. The number of benzene rings is 2. The topological polar surface area (TPSA) is 615 Å². The van der Waals surface area contributed by atoms with E-state index in [1.165, 1.54) is 44.9 Å². The summed E-state index contributed by atoms with van der Waals surface area (Å²) in [5.41, 5.74) is 13.5. The molecule has 2 aromatic rings. The number of rotatable bonds is 52. The molecule has 0 amide bonds. The first-order chi connectivity index (χ1) is 70.6. The summed E-state index contributed by atoms with van der Waals surface area (Å²) >= 11 is 0. The summed E-state index contributed by atoms with van der Waals surface area (Å²) in [4.78, 5) is 271. The van der Waals surface area contributed by atoms with Gasteiger partial charge in [-0.2, -0.15) is 0 Å². The lowest BCUT2D eigenvalue weighted by Gasteiger charge is -2.21. The van der Waals surface area contributed by atoms with E-state index in [1.54, 1.807) is 161 Å². The van der Waals surface area contributed by atoms with Crippen molar-refractivity contribution < 1.29 is 141 Å². The number of Topliss-reactive ketones (excluding diaryl/α,β-unsaturated/α-hetero) is 14. The van der Waals surface area contributed by atoms with Gasteiger partial charge in [0.1, 0.15) is 24.9 Å². The molecule has 0 N–H and O–H groups in total. The van der Waals surface area contributed by atoms with Crippen molar-refractivity contribution in [3.63, 3.8) is 0 Å². The molecular formula is C107H139N7O36. The molecule has 43 nitrogen and oxygen atoms in total. The summed E-state index contributed by atoms with van der Waals surface area (Å²) in [6.45, 7) is 33.8. The van der Waals surface area contributed by atoms with Gasteiger partial charge in [-0.1, -0.05) is 127 Å². The molecule has 43 heteroatoms. The molecule has 150 heavy (non-hydrogen) atoms. The Hall–Kier alpha value is -14.9. The second kappa shape index (κ2) is 65.0. The first-order valence-corrected chi connectivity index (χ1v) is 49.8. The highest BCUT2D eigenvalue weighted by Gasteiger charge is 2.37. The third-order valence-corrected chi connectivity index (χ3v) is 26.8. The number of carbonyl (C=O) groups is 14. The second-order valence-corrected chi connectivity index (χ2v) is 36.6. The lowest BCUT2D eigenvalue weighted by atomic mass is 9.82. The van der Waals surface area contributed by atoms with Gasteiger partial charge in [0.25, 0.3) is 35.6 Å². The van der Waals surface area contributed by atoms with Gasteiger partial charge in [-0.15, -0.1) is 70.8 Å². The fourth-order valence-corrected chi connectivity index (χ4v) is 16.9. The molecule has 0 saturated carbocycles. The van der Waals surface area contributed by atoms with E-state index in [0.717, 1.165) is 24.8 Å². The Balaban J connectivity index is 0.000000450. The fourth-order valence-electron chi connectivity index (χ4n) is 16.9. The highest BCUT2D eigenvalue weighted by molar-refractivity contribution is 6.30. The molecule has 0 heterocycles. The van der Waals surface area contributed by atoms with Crippen LogP contribution in [0.15, 0.2) is 182 Å². The van der Waals surface area contributed by atoms with E-state index in [1.807, 2.05) is 19.1 Å². The molecule has 3 atom stereocenters. The number of unbranched alkanes of at least 4 members (excludes halogenated alkanes) is 10. The van der Waals surface area contributed by atoms with Gasteiger partial charge in [0.2, 0.25) is 0 Å². The van der Waals surface area contributed by atoms with E-state index < -0.39 is 60.5 Å². The molecule has 0 spiro atoms. The Bertz CT molecular complexity index is 5910. The monoisotopic (exact) mass is 2100 g/mol. The number of allylic oxidation sites excluding steroid dienone is 23. The third kappa shape index (κ3) is 39.6. The molecule has 0 fully saturated rings. The summed E-state index contributed by atoms with van der Waals surface area (Å²) in [5, 5.41) is 64.9. The van der Waals surface area contributed by atoms with Crippen molar-refractivity contribution in [2.75, 3.05) is 39.6 Å². The Morgan fingerprint density at radius 2 is 0.453 bits per heavy atom. The first-order valence-electron chi connectivity index (χ1n) is 49.8. The lowest BCUT2D eigenvalue weighted by Crippen LogP contribution is -2.25. The van der Waals surface area contributed by atoms with Crippen LogP contribution in [0.25, 0.3) is 0 Å². The number of carbonyl (C=O) groups excluding carboxylic acids is 14. The van der Waals surface area contributed by atoms with Crippen molar-refractivity contribution in [3.8, 4) is 0 Å². The minimum absolute atomic E-state index is 0.00746. The smallest absolute Gasteiger partial charge is 0.294 e. The van der Waals surface area contributed by atoms with E-state index in [4.69, 9.17) is 4.74 Å². The van der Waals surface area contributed by atoms with Gasteiger partial charge in [-0.3, -0.25) is 67.1 Å². The molecule has 0 radical (unpaired) electrons. The predicted octanol–water partition coefficient (Wildman–Crippen LogP) is 20.3. The average Bonchev–Trinajstić information content (AvgIpc) is 0.775. The van der Waals surface area contributed by atoms with Gasteiger partial charge < -0.3 is 38.6 Å². The van der Waals surface area contributed by atoms with Gasteiger partial charge in [0.05, 0.1) is 19.8 Å². The Morgan fingerprint density at radius 1 is 0.220 bits per heavy atom. The zero-order valence-corrected chi connectivity index (χ0v) is 89.2. The number of hydrogen-bond donors (Lipinski definition) is 0. The Morgan fingerprint density at radius 3 is 0.780 bits per heavy atom. The van der Waals surface area contributed by atoms with Gasteiger partial charge >= 0.3 is 0 Å². The fraction of sp³-hybridized carbons (Fsp3) is 0.533. The quantitative estimate of drug-likeness (QED) is 0.0257. The van der Waals surface area contributed by atoms with Gasteiger partial charge in [0, 0.05) is 176 Å². The number of fused-ring (bicyclic) bond motifs is 2. The molecule has 0 aromatic heterocycles. The normalized spacial score (nSPS) is 15.9. The van der Waals surface area contributed by atoms with Crippen molar-refractivity contribution in [3.05, 3.63) is 275 Å². The van der Waals surface area contributed by atoms with Gasteiger partial charge in [-0.25, -0.2) is 0 Å². The van der Waals surface area contributed by atoms with Crippen LogP contribution in [0.5, 0.6) is 0 Å². The maximum Gasteiger partial charge on any atom is 0.294 e. The molecule has 9 rings (SSSR count). The molecule has 818 valence electrons. The Kier molecular flexibility index (Phi) is 56.0. The van der Waals surface area contributed by atoms with Gasteiger partial charge in [-0.05, 0) is 233 Å². The first kappa shape index (κ1) is 129. The summed E-state index contributed by atoms with van der Waals surface area (Å²) in [7, 11) is 0. The molecule has 7 aliphatic carbocycles. The van der Waals surface area contributed by atoms with Crippen LogP contribution in [-0.4, -0.2) is 175 Å². The minimum atomic E-state index is -1.13. The van der Waals surface area contributed by atoms with E-state index >= 15 is 0 Å². The number of ether oxygens (including phenoxy) is 1. The molecule has 3 unspecified atom stereocenters. The molecule has 7 aliphatic rings. The zero-order chi connectivity index (χ0) is 113. The van der Waals surface area contributed by atoms with E-state index in [0.29, 0.717) is 254 Å². The standard InChI is InChI=1S/C22H30O2.C16H17NO5.C15H21NO6.C15H21NO5.C14H18N2O8.C13H17NO5.C12H15NO5/c1-3-4-5-6-7-8-9-10-11-14-18-17(2)21(23)19-15-12-13-16-20(19)22(18)24;1-11-12(7-3-2-6-10-22-17(20)21)16(19)14-9-5-4-8-13(14)15(11)18;1-10-11(2)15(18)13(12(3)14(10)17)6-4-7-21-8-5-9-22-16(19)20;1-5-12(21-16(19)20)7-6-8-13-11(4)14(17)9(2)10(3)15(13)18;1-8-9(2)14(18)12(10(3)13(8)17)6-4-5-11(24-16(21)22)7-23-15(19)20;1-5-10(19-14(17)18)6-11-9(4)12(15)7(2)8(3)13(11)16;1-7-8(2)12(15)10(9(3)11(7)14)5-4-6-18-13(16)17/h12-13,15-16H,3-11,14H2,1-2H3;4-5,8-9H,2-3,6-7,10H2,1H3;4-9H2,1-3H3;12H,5-8H2,1-4H3;11H,4-7H2,1-3H3;10H,5-6H2,1-4H3;4-6H2,1-3H3. The highest BCUT2D eigenvalue weighted by Crippen LogP contribution is 2.37. The zero-order valence-electron chi connectivity index (χ0n) is 89.2. The predicted molar refractivity (Wildman–Crippen MR) is 546 cm³/mol. The van der Waals surface area contributed by atoms with Crippen LogP contribution >= 0.6 is 0 Å². The third-order valence-electron chi connectivity index (χ3n) is 26.8. The molecular weight excluding hydrogens is 1960 g/mol. The largest absolute Gasteiger partial charge is 0.381 e. The SMILES string of the molecule is CC1=C(C)C(=O)C(CCCC(CO[N+](=O)[O-])O[N+](=O)[O-])=C(C)C1=O.CC1=C(C)C(=O)C(CCCOCCCO[N+](=O)[O-])=C(C)C1=O.CC1=C(C)C(=O)C(CCCO[N+](=O)[O-])=C(C)C1=O.CC1=C(CCCCCO[N+](=O)[O-])C(=O)c2ccccc2C1=O.CCC(CC1=C(C)C(=O)C(C)=C(C)C1=O)O[N+](=O)[O-].CCC(CCCC1=C(C)C(=O)C(C)=C(C)C1=O)O[N+](=O)[O-].CCCCCCCCCCCC1=C(C)C(=O)c2ccccc2C1=O. The maximum atomic E-state index is 12.6. The van der Waals surface area contributed by atoms with Crippen molar-refractivity contribution in [1.29, 1.82) is 0 Å². The second-order valence-electron chi connectivity index (χ2n) is 36.6. The van der Waals surface area contributed by atoms with Crippen LogP contribution in [0.4, 0.5) is 0 Å². The maximum absolute atomic E-state index is 12.6. The molecule has 2 aromatic carbocycles. The lowest BCUT2D eigenvalue weighted by molar-refractivity contribution is -0.790. The number of ketones is 14. The summed E-state index contributed by atoms with van der Waals surface area (Å²) in [5.74, 6) is -1.50. The molecule has 0 aliphatic heterocycles. The number of hydrogen-bond acceptors (Lipinski definition) is 36. The van der Waals surface area contributed by atoms with Crippen molar-refractivity contribution in [1.82, 2.24) is 0 Å². The van der Waals surface area contributed by atoms with Crippen LogP contribution in [0.3, 0.4) is 0 Å². The van der Waals surface area contributed by atoms with Crippen LogP contribution in [0.1, 0.15) is 360 Å². The van der Waals surface area contributed by atoms with Crippen molar-refractivity contribution >= 4 is 81.0 Å². The summed E-state index contributed by atoms with van der Waals surface area (Å²) < 4.78 is 5.32. The molecule has 0 bridgehead atoms. The summed E-state index contributed by atoms with van der Waals surface area (Å²) in [6, 6.07) is 14.0. The molecule has 0 saturated heterocycles. The minimum Gasteiger partial charge on any atom is -0.381 e. The van der Waals surface area contributed by atoms with Crippen molar-refractivity contribution in [2.24, 2.45) is 0 Å². The van der Waals surface area contributed by atoms with Crippen LogP contribution in [0, 0.1) is 70.8 Å². The van der Waals surface area contributed by atoms with E-state index in [2.05, 4.69) is 40.8 Å². The van der Waals surface area contributed by atoms with Crippen LogP contribution in [-0.2, 0) is 86.5 Å². The number of nitrogens with zero attached hydrogens (tertiary/aromatic N) is 7. The van der Waals surface area contributed by atoms with Crippen LogP contribution in [0.2, 0.25) is 0 Å². The average molecular weight is 2100 g/mol. The van der Waals surface area contributed by atoms with Crippen LogP contribution < -0.4 is 0 Å². The summed E-state index contributed by atoms with van der Waals surface area (Å²) in [6.07, 6.45) is 17.5.